The second-order valence-electron chi connectivity index (χ2n) is 0.500. The monoisotopic (exact) mass is 530 g/mol. The minimum absolute atomic E-state index is 0. The quantitative estimate of drug-likeness (QED) is 0.288. The first-order valence-corrected chi connectivity index (χ1v) is 6.15. The zero-order chi connectivity index (χ0) is 7.15. The molecule has 0 spiro atoms. The van der Waals surface area contributed by atoms with E-state index in [0.29, 0.717) is 0 Å². The Kier molecular flexibility index (Phi) is 42.6. The molecule has 0 amide bonds. The average molecular weight is 530 g/mol. The van der Waals surface area contributed by atoms with Crippen LogP contribution >= 0.6 is 0 Å². The van der Waals surface area contributed by atoms with Gasteiger partial charge in [0.2, 0.25) is 0 Å². The zero-order valence-corrected chi connectivity index (χ0v) is 16.0. The first-order chi connectivity index (χ1) is 3.46. The Bertz CT molecular complexity index is 75.7. The van der Waals surface area contributed by atoms with Crippen LogP contribution in [0.2, 0.25) is 0 Å². The Morgan fingerprint density at radius 2 is 1.20 bits per heavy atom. The molecular formula is O6PbSrTiZr. The standard InChI is InChI=1S/6O.Pb.Sr.Ti.Zr/q;;4*-1;2*+2;;. The summed E-state index contributed by atoms with van der Waals surface area (Å²) in [6, 6.07) is 0. The second-order valence-corrected chi connectivity index (χ2v) is 2.51. The molecule has 50 valence electrons. The van der Waals surface area contributed by atoms with Crippen molar-refractivity contribution >= 4 is 72.8 Å². The van der Waals surface area contributed by atoms with Gasteiger partial charge in [0.15, 0.2) is 0 Å². The number of hydrogen-bond donors (Lipinski definition) is 0. The maximum Gasteiger partial charge on any atom is 2.00 e. The van der Waals surface area contributed by atoms with Crippen LogP contribution < -0.4 is 13.7 Å². The van der Waals surface area contributed by atoms with Crippen molar-refractivity contribution in [3.8, 4) is 0 Å². The van der Waals surface area contributed by atoms with Crippen molar-refractivity contribution in [2.45, 2.75) is 0 Å². The van der Waals surface area contributed by atoms with E-state index in [4.69, 9.17) is 19.9 Å². The third-order valence-electron chi connectivity index (χ3n) is 0. The van der Waals surface area contributed by atoms with Crippen molar-refractivity contribution in [3.05, 3.63) is 0 Å². The fourth-order valence-corrected chi connectivity index (χ4v) is 0. The van der Waals surface area contributed by atoms with Gasteiger partial charge in [0.25, 0.3) is 0 Å². The molecule has 0 aromatic carbocycles. The maximum absolute atomic E-state index is 8.61. The third-order valence-corrected chi connectivity index (χ3v) is 0. The van der Waals surface area contributed by atoms with Gasteiger partial charge >= 0.3 is 134 Å². The van der Waals surface area contributed by atoms with E-state index in [1.165, 1.54) is 0 Å². The summed E-state index contributed by atoms with van der Waals surface area (Å²) >= 11 is -8.38. The van der Waals surface area contributed by atoms with Gasteiger partial charge < -0.3 is 0 Å². The van der Waals surface area contributed by atoms with Crippen molar-refractivity contribution in [2.75, 3.05) is 0 Å². The van der Waals surface area contributed by atoms with E-state index in [1.54, 1.807) is 0 Å². The second kappa shape index (κ2) is 18.3. The van der Waals surface area contributed by atoms with Crippen LogP contribution in [0.4, 0.5) is 0 Å². The van der Waals surface area contributed by atoms with Gasteiger partial charge in [0.1, 0.15) is 0 Å². The molecule has 0 aliphatic heterocycles. The molecule has 0 unspecified atom stereocenters. The number of hydrogen-bond acceptors (Lipinski definition) is 6. The van der Waals surface area contributed by atoms with E-state index in [0.717, 1.165) is 0 Å². The summed E-state index contributed by atoms with van der Waals surface area (Å²) in [6.45, 7) is 0. The maximum atomic E-state index is 8.61. The first kappa shape index (κ1) is 23.3. The van der Waals surface area contributed by atoms with Gasteiger partial charge in [-0.15, -0.1) is 0 Å². The van der Waals surface area contributed by atoms with E-state index in [-0.39, 0.29) is 72.8 Å². The third kappa shape index (κ3) is 105. The summed E-state index contributed by atoms with van der Waals surface area (Å²) in [7, 11) is 0. The molecule has 0 fully saturated rings. The van der Waals surface area contributed by atoms with Crippen LogP contribution in [0.3, 0.4) is 0 Å². The van der Waals surface area contributed by atoms with E-state index in [9.17, 15) is 0 Å². The Morgan fingerprint density at radius 1 is 1.20 bits per heavy atom. The van der Waals surface area contributed by atoms with Gasteiger partial charge in [0, 0.05) is 0 Å². The van der Waals surface area contributed by atoms with Crippen LogP contribution in [0.15, 0.2) is 0 Å². The predicted octanol–water partition coefficient (Wildman–Crippen LogP) is -5.76. The predicted molar refractivity (Wildman–Crippen MR) is 12.9 cm³/mol. The molecule has 0 aliphatic carbocycles. The topological polar surface area (TPSA) is 126 Å². The molecule has 0 saturated carbocycles. The van der Waals surface area contributed by atoms with Crippen molar-refractivity contribution in [2.24, 2.45) is 0 Å². The summed E-state index contributed by atoms with van der Waals surface area (Å²) in [5, 5.41) is 0. The first-order valence-electron chi connectivity index (χ1n) is 1.22. The molecule has 10 heteroatoms. The summed E-state index contributed by atoms with van der Waals surface area (Å²) < 4.78 is 51.6. The van der Waals surface area contributed by atoms with Gasteiger partial charge in [0.05, 0.1) is 0 Å². The van der Waals surface area contributed by atoms with Crippen molar-refractivity contribution in [1.29, 1.82) is 0 Å². The van der Waals surface area contributed by atoms with Gasteiger partial charge in [-0.25, -0.2) is 0 Å². The SMILES string of the molecule is [O]=[Ti]([O-])[O-].[O]=[Zr]([O-])[O-].[Pb+2].[Sr+2]. The summed E-state index contributed by atoms with van der Waals surface area (Å²) in [6.07, 6.45) is 0. The fourth-order valence-electron chi connectivity index (χ4n) is 0. The Hall–Kier alpha value is 3.44. The minimum atomic E-state index is -4.29. The normalized spacial score (nSPS) is 5.20. The minimum Gasteiger partial charge on any atom is 2.00 e. The smallest absolute Gasteiger partial charge is 2.00 e. The van der Waals surface area contributed by atoms with E-state index in [1.807, 2.05) is 0 Å². The van der Waals surface area contributed by atoms with E-state index >= 15 is 0 Å². The summed E-state index contributed by atoms with van der Waals surface area (Å²) in [5.41, 5.74) is 0. The molecule has 0 aromatic rings. The van der Waals surface area contributed by atoms with Gasteiger partial charge in [-0.2, -0.15) is 0 Å². The molecule has 0 atom stereocenters. The summed E-state index contributed by atoms with van der Waals surface area (Å²) in [4.78, 5) is 0. The molecule has 0 bridgehead atoms. The van der Waals surface area contributed by atoms with Crippen LogP contribution in [-0.2, 0) is 47.4 Å². The van der Waals surface area contributed by atoms with Crippen LogP contribution in [0.1, 0.15) is 0 Å². The van der Waals surface area contributed by atoms with E-state index in [2.05, 4.69) is 0 Å². The van der Waals surface area contributed by atoms with Crippen LogP contribution in [-0.4, -0.2) is 72.8 Å². The zero-order valence-electron chi connectivity index (χ0n) is 4.66. The van der Waals surface area contributed by atoms with Crippen molar-refractivity contribution < 1.29 is 61.1 Å². The molecule has 0 heterocycles. The molecule has 2 radical (unpaired) electrons. The summed E-state index contributed by atoms with van der Waals surface area (Å²) in [5.74, 6) is 0. The molecule has 0 saturated heterocycles. The molecule has 6 nitrogen and oxygen atoms in total. The van der Waals surface area contributed by atoms with Crippen molar-refractivity contribution in [3.63, 3.8) is 0 Å². The number of rotatable bonds is 0. The van der Waals surface area contributed by atoms with Crippen LogP contribution in [0, 0.1) is 0 Å². The van der Waals surface area contributed by atoms with Crippen LogP contribution in [0.5, 0.6) is 0 Å². The van der Waals surface area contributed by atoms with Gasteiger partial charge in [-0.1, -0.05) is 0 Å². The molecule has 0 aromatic heterocycles. The fraction of sp³-hybridized carbons (Fsp3) is 0. The van der Waals surface area contributed by atoms with Gasteiger partial charge in [-0.05, 0) is 0 Å². The molecular weight excluding hydrogens is 530 g/mol. The molecule has 0 rings (SSSR count). The van der Waals surface area contributed by atoms with Crippen LogP contribution in [0.25, 0.3) is 0 Å². The van der Waals surface area contributed by atoms with Gasteiger partial charge in [-0.3, -0.25) is 0 Å². The largest absolute Gasteiger partial charge is 2.00 e. The Balaban J connectivity index is -0.0000000300. The molecule has 0 N–H and O–H groups in total. The Morgan fingerprint density at radius 3 is 1.20 bits per heavy atom. The molecule has 10 heavy (non-hydrogen) atoms. The van der Waals surface area contributed by atoms with E-state index < -0.39 is 41.3 Å². The average Bonchev–Trinajstić information content (AvgIpc) is 1.25. The molecule has 0 aliphatic rings. The Labute approximate surface area is 131 Å². The van der Waals surface area contributed by atoms with Crippen molar-refractivity contribution in [1.82, 2.24) is 0 Å².